The molecule has 0 saturated carbocycles. The number of amides is 1. The zero-order valence-electron chi connectivity index (χ0n) is 17.8. The number of benzene rings is 1. The van der Waals surface area contributed by atoms with E-state index in [4.69, 9.17) is 14.0 Å². The molecule has 1 aromatic carbocycles. The summed E-state index contributed by atoms with van der Waals surface area (Å²) in [5, 5.41) is 7.20. The molecular formula is C21H24N6O4. The van der Waals surface area contributed by atoms with Gasteiger partial charge in [0.1, 0.15) is 24.2 Å². The molecule has 31 heavy (non-hydrogen) atoms. The normalized spacial score (nSPS) is 17.0. The molecule has 1 amide bonds. The summed E-state index contributed by atoms with van der Waals surface area (Å²) in [6.45, 7) is 6.28. The lowest BCUT2D eigenvalue weighted by Crippen LogP contribution is -2.37. The topological polar surface area (TPSA) is 116 Å². The van der Waals surface area contributed by atoms with Gasteiger partial charge in [-0.05, 0) is 31.0 Å². The molecule has 0 radical (unpaired) electrons. The van der Waals surface area contributed by atoms with E-state index in [0.29, 0.717) is 35.8 Å². The van der Waals surface area contributed by atoms with E-state index in [1.807, 2.05) is 45.0 Å². The zero-order chi connectivity index (χ0) is 22.0. The Labute approximate surface area is 179 Å². The van der Waals surface area contributed by atoms with Crippen LogP contribution in [-0.2, 0) is 4.74 Å². The fraction of sp³-hybridized carbons (Fsp3) is 0.381. The second kappa shape index (κ2) is 8.58. The molecule has 2 atom stereocenters. The van der Waals surface area contributed by atoms with Crippen molar-refractivity contribution in [2.45, 2.75) is 32.9 Å². The Morgan fingerprint density at radius 2 is 2.06 bits per heavy atom. The Morgan fingerprint density at radius 1 is 1.23 bits per heavy atom. The molecule has 1 saturated heterocycles. The molecule has 3 aromatic rings. The highest BCUT2D eigenvalue weighted by Gasteiger charge is 2.37. The molecule has 1 N–H and O–H groups in total. The molecule has 3 heterocycles. The Balaban J connectivity index is 1.51. The predicted octanol–water partition coefficient (Wildman–Crippen LogP) is 3.69. The maximum atomic E-state index is 12.2. The van der Waals surface area contributed by atoms with E-state index >= 15 is 0 Å². The van der Waals surface area contributed by atoms with Crippen molar-refractivity contribution in [3.63, 3.8) is 0 Å². The Hall–Kier alpha value is -3.69. The number of anilines is 2. The molecule has 2 aromatic heterocycles. The second-order valence-corrected chi connectivity index (χ2v) is 7.55. The lowest BCUT2D eigenvalue weighted by Gasteiger charge is -2.23. The molecule has 1 aliphatic heterocycles. The number of nitrogens with zero attached hydrogens (tertiary/aromatic N) is 5. The summed E-state index contributed by atoms with van der Waals surface area (Å²) in [5.74, 6) is 2.59. The summed E-state index contributed by atoms with van der Waals surface area (Å²) < 4.78 is 15.9. The van der Waals surface area contributed by atoms with Crippen molar-refractivity contribution in [1.29, 1.82) is 0 Å². The number of rotatable bonds is 7. The quantitative estimate of drug-likeness (QED) is 0.606. The number of hydrogen-bond donors (Lipinski definition) is 1. The van der Waals surface area contributed by atoms with Crippen LogP contribution in [0.2, 0.25) is 0 Å². The molecule has 1 fully saturated rings. The number of aromatic nitrogens is 4. The van der Waals surface area contributed by atoms with Crippen LogP contribution in [0, 0.1) is 5.92 Å². The average Bonchev–Trinajstić information content (AvgIpc) is 3.41. The van der Waals surface area contributed by atoms with Crippen LogP contribution in [0.5, 0.6) is 5.75 Å². The fourth-order valence-corrected chi connectivity index (χ4v) is 3.29. The third kappa shape index (κ3) is 4.27. The lowest BCUT2D eigenvalue weighted by atomic mass is 10.0. The molecule has 0 unspecified atom stereocenters. The van der Waals surface area contributed by atoms with Crippen LogP contribution in [0.1, 0.15) is 32.7 Å². The summed E-state index contributed by atoms with van der Waals surface area (Å²) >= 11 is 0. The molecule has 162 valence electrons. The first-order valence-electron chi connectivity index (χ1n) is 10.00. The van der Waals surface area contributed by atoms with E-state index in [1.165, 1.54) is 0 Å². The highest BCUT2D eigenvalue weighted by Crippen LogP contribution is 2.27. The summed E-state index contributed by atoms with van der Waals surface area (Å²) in [6, 6.07) is 8.67. The van der Waals surface area contributed by atoms with E-state index in [1.54, 1.807) is 24.3 Å². The summed E-state index contributed by atoms with van der Waals surface area (Å²) in [5.41, 5.74) is 0.784. The number of ether oxygens (including phenoxy) is 2. The van der Waals surface area contributed by atoms with Crippen molar-refractivity contribution < 1.29 is 18.8 Å². The number of hydrogen-bond acceptors (Lipinski definition) is 9. The Bertz CT molecular complexity index is 1070. The van der Waals surface area contributed by atoms with Gasteiger partial charge in [0.25, 0.3) is 0 Å². The highest BCUT2D eigenvalue weighted by atomic mass is 16.6. The minimum absolute atomic E-state index is 0.0750. The number of carbonyl (C=O) groups is 1. The van der Waals surface area contributed by atoms with E-state index in [-0.39, 0.29) is 18.0 Å². The molecule has 10 nitrogen and oxygen atoms in total. The maximum Gasteiger partial charge on any atom is 0.415 e. The highest BCUT2D eigenvalue weighted by molar-refractivity contribution is 5.89. The smallest absolute Gasteiger partial charge is 0.415 e. The van der Waals surface area contributed by atoms with Crippen molar-refractivity contribution >= 4 is 17.9 Å². The third-order valence-corrected chi connectivity index (χ3v) is 5.05. The van der Waals surface area contributed by atoms with Gasteiger partial charge >= 0.3 is 6.09 Å². The molecule has 4 rings (SSSR count). The average molecular weight is 424 g/mol. The molecular weight excluding hydrogens is 400 g/mol. The van der Waals surface area contributed by atoms with Crippen molar-refractivity contribution in [3.8, 4) is 17.1 Å². The first kappa shape index (κ1) is 20.6. The standard InChI is InChI=1S/C21H24N6O4/c1-12(2)16-11-30-21(28)27(16)17-8-9-22-20(24-17)23-13(3)19-25-18(26-31-19)14-6-5-7-15(10-14)29-4/h5-10,12-13,16H,11H2,1-4H3,(H,22,23,24)/t13-,16-/m1/s1. The summed E-state index contributed by atoms with van der Waals surface area (Å²) in [4.78, 5) is 27.0. The van der Waals surface area contributed by atoms with E-state index in [0.717, 1.165) is 5.56 Å². The maximum absolute atomic E-state index is 12.2. The van der Waals surface area contributed by atoms with Gasteiger partial charge in [-0.2, -0.15) is 9.97 Å². The van der Waals surface area contributed by atoms with Crippen LogP contribution >= 0.6 is 0 Å². The van der Waals surface area contributed by atoms with Crippen molar-refractivity contribution in [2.75, 3.05) is 23.9 Å². The van der Waals surface area contributed by atoms with Crippen LogP contribution in [0.15, 0.2) is 41.1 Å². The fourth-order valence-electron chi connectivity index (χ4n) is 3.29. The van der Waals surface area contributed by atoms with Gasteiger partial charge in [0.2, 0.25) is 17.7 Å². The molecule has 1 aliphatic rings. The van der Waals surface area contributed by atoms with Gasteiger partial charge in [0.15, 0.2) is 0 Å². The lowest BCUT2D eigenvalue weighted by molar-refractivity contribution is 0.177. The van der Waals surface area contributed by atoms with Crippen LogP contribution in [0.25, 0.3) is 11.4 Å². The number of methoxy groups -OCH3 is 1. The third-order valence-electron chi connectivity index (χ3n) is 5.05. The van der Waals surface area contributed by atoms with E-state index in [2.05, 4.69) is 25.4 Å². The first-order chi connectivity index (χ1) is 15.0. The van der Waals surface area contributed by atoms with Crippen LogP contribution in [0.3, 0.4) is 0 Å². The minimum Gasteiger partial charge on any atom is -0.497 e. The largest absolute Gasteiger partial charge is 0.497 e. The van der Waals surface area contributed by atoms with Gasteiger partial charge in [-0.25, -0.2) is 9.78 Å². The molecule has 0 aliphatic carbocycles. The van der Waals surface area contributed by atoms with Gasteiger partial charge in [-0.1, -0.05) is 31.1 Å². The zero-order valence-corrected chi connectivity index (χ0v) is 17.8. The van der Waals surface area contributed by atoms with Crippen LogP contribution in [-0.4, -0.2) is 46.0 Å². The van der Waals surface area contributed by atoms with Crippen molar-refractivity contribution in [2.24, 2.45) is 5.92 Å². The number of cyclic esters (lactones) is 1. The van der Waals surface area contributed by atoms with Crippen LogP contribution in [0.4, 0.5) is 16.6 Å². The monoisotopic (exact) mass is 424 g/mol. The van der Waals surface area contributed by atoms with Gasteiger partial charge in [-0.15, -0.1) is 0 Å². The van der Waals surface area contributed by atoms with Gasteiger partial charge in [0, 0.05) is 11.8 Å². The van der Waals surface area contributed by atoms with Gasteiger partial charge in [-0.3, -0.25) is 4.90 Å². The first-order valence-corrected chi connectivity index (χ1v) is 10.00. The van der Waals surface area contributed by atoms with Gasteiger partial charge in [0.05, 0.1) is 13.2 Å². The van der Waals surface area contributed by atoms with Crippen molar-refractivity contribution in [1.82, 2.24) is 20.1 Å². The molecule has 10 heteroatoms. The second-order valence-electron chi connectivity index (χ2n) is 7.55. The minimum atomic E-state index is -0.406. The number of nitrogens with one attached hydrogen (secondary N) is 1. The summed E-state index contributed by atoms with van der Waals surface area (Å²) in [6.07, 6.45) is 1.19. The molecule has 0 bridgehead atoms. The summed E-state index contributed by atoms with van der Waals surface area (Å²) in [7, 11) is 1.60. The SMILES string of the molecule is COc1cccc(-c2noc([C@@H](C)Nc3nccc(N4C(=O)OC[C@@H]4C(C)C)n3)n2)c1. The van der Waals surface area contributed by atoms with Crippen LogP contribution < -0.4 is 15.0 Å². The Morgan fingerprint density at radius 3 is 2.84 bits per heavy atom. The van der Waals surface area contributed by atoms with E-state index < -0.39 is 6.09 Å². The van der Waals surface area contributed by atoms with Gasteiger partial charge < -0.3 is 19.3 Å². The Kier molecular flexibility index (Phi) is 5.70. The van der Waals surface area contributed by atoms with Crippen molar-refractivity contribution in [3.05, 3.63) is 42.4 Å². The predicted molar refractivity (Wildman–Crippen MR) is 113 cm³/mol. The molecule has 0 spiro atoms. The van der Waals surface area contributed by atoms with E-state index in [9.17, 15) is 4.79 Å². The number of carbonyl (C=O) groups excluding carboxylic acids is 1.